The van der Waals surface area contributed by atoms with Gasteiger partial charge in [-0.05, 0) is 20.8 Å². The van der Waals surface area contributed by atoms with Crippen LogP contribution in [0.5, 0.6) is 0 Å². The summed E-state index contributed by atoms with van der Waals surface area (Å²) >= 11 is 0. The van der Waals surface area contributed by atoms with E-state index >= 15 is 0 Å². The van der Waals surface area contributed by atoms with Crippen molar-refractivity contribution in [3.05, 3.63) is 0 Å². The lowest BCUT2D eigenvalue weighted by Gasteiger charge is -2.01. The maximum Gasteiger partial charge on any atom is 0.293 e. The fourth-order valence-corrected chi connectivity index (χ4v) is 0.723. The Morgan fingerprint density at radius 3 is 1.35 bits per heavy atom. The zero-order chi connectivity index (χ0) is 15.9. The molecule has 0 aliphatic carbocycles. The maximum atomic E-state index is 9.18. The van der Waals surface area contributed by atoms with Gasteiger partial charge in [-0.2, -0.15) is 0 Å². The number of aliphatic hydroxyl groups excluding tert-OH is 2. The van der Waals surface area contributed by atoms with Crippen molar-refractivity contribution in [2.75, 3.05) is 59.5 Å². The van der Waals surface area contributed by atoms with Crippen molar-refractivity contribution in [2.45, 2.75) is 20.8 Å². The van der Waals surface area contributed by atoms with Crippen LogP contribution in [0.4, 0.5) is 0 Å². The lowest BCUT2D eigenvalue weighted by atomic mass is 10.7. The molecule has 20 heavy (non-hydrogen) atoms. The van der Waals surface area contributed by atoms with Crippen molar-refractivity contribution in [1.29, 1.82) is 0 Å². The summed E-state index contributed by atoms with van der Waals surface area (Å²) in [7, 11) is 0. The summed E-state index contributed by atoms with van der Waals surface area (Å²) in [6.45, 7) is 10.1. The fraction of sp³-hybridized carbons (Fsp3) is 0.923. The van der Waals surface area contributed by atoms with Crippen molar-refractivity contribution < 1.29 is 34.0 Å². The molecule has 0 heterocycles. The third kappa shape index (κ3) is 43.3. The van der Waals surface area contributed by atoms with Crippen LogP contribution in [-0.2, 0) is 23.7 Å². The van der Waals surface area contributed by atoms with E-state index in [9.17, 15) is 4.79 Å². The van der Waals surface area contributed by atoms with E-state index in [1.165, 1.54) is 0 Å². The first kappa shape index (κ1) is 24.3. The van der Waals surface area contributed by atoms with Crippen LogP contribution in [0.25, 0.3) is 0 Å². The number of ether oxygens (including phenoxy) is 4. The molecule has 0 saturated heterocycles. The van der Waals surface area contributed by atoms with Gasteiger partial charge in [0.25, 0.3) is 6.47 Å². The molecule has 0 aromatic heterocycles. The standard InChI is InChI=1S/C6H14O4.C4H10O.C3H6O2/c7-1-3-9-5-6-10-4-2-8;1-3-5-4-2;1-2-5-3-4/h7-8H,1-6H2;3-4H2,1-2H3;3H,2H2,1H3. The second kappa shape index (κ2) is 30.9. The molecule has 0 bridgehead atoms. The van der Waals surface area contributed by atoms with Gasteiger partial charge in [0.05, 0.1) is 46.2 Å². The smallest absolute Gasteiger partial charge is 0.293 e. The minimum Gasteiger partial charge on any atom is -0.468 e. The SMILES string of the molecule is CCOC=O.CCOCC.OCCOCCOCCO. The van der Waals surface area contributed by atoms with E-state index in [2.05, 4.69) is 4.74 Å². The molecule has 0 atom stereocenters. The monoisotopic (exact) mass is 298 g/mol. The highest BCUT2D eigenvalue weighted by Gasteiger charge is 1.86. The first-order chi connectivity index (χ1) is 9.74. The summed E-state index contributed by atoms with van der Waals surface area (Å²) in [6, 6.07) is 0. The Kier molecular flexibility index (Phi) is 37.6. The summed E-state index contributed by atoms with van der Waals surface area (Å²) in [5.41, 5.74) is 0. The summed E-state index contributed by atoms with van der Waals surface area (Å²) in [4.78, 5) is 9.18. The topological polar surface area (TPSA) is 94.5 Å². The van der Waals surface area contributed by atoms with Crippen LogP contribution in [0, 0.1) is 0 Å². The maximum absolute atomic E-state index is 9.18. The van der Waals surface area contributed by atoms with Crippen molar-refractivity contribution >= 4 is 6.47 Å². The van der Waals surface area contributed by atoms with Crippen LogP contribution >= 0.6 is 0 Å². The molecule has 0 radical (unpaired) electrons. The average Bonchev–Trinajstić information content (AvgIpc) is 2.46. The molecule has 0 spiro atoms. The zero-order valence-electron chi connectivity index (χ0n) is 12.9. The third-order valence-electron chi connectivity index (χ3n) is 1.49. The van der Waals surface area contributed by atoms with E-state index in [-0.39, 0.29) is 13.2 Å². The molecule has 7 heteroatoms. The molecule has 0 aliphatic heterocycles. The highest BCUT2D eigenvalue weighted by molar-refractivity contribution is 5.36. The number of hydrogen-bond acceptors (Lipinski definition) is 7. The van der Waals surface area contributed by atoms with Crippen LogP contribution in [0.1, 0.15) is 20.8 Å². The van der Waals surface area contributed by atoms with Gasteiger partial charge in [-0.15, -0.1) is 0 Å². The molecule has 7 nitrogen and oxygen atoms in total. The van der Waals surface area contributed by atoms with E-state index in [4.69, 9.17) is 24.4 Å². The second-order valence-corrected chi connectivity index (χ2v) is 3.00. The first-order valence-corrected chi connectivity index (χ1v) is 6.75. The van der Waals surface area contributed by atoms with Gasteiger partial charge in [-0.25, -0.2) is 0 Å². The van der Waals surface area contributed by atoms with Crippen LogP contribution in [0.2, 0.25) is 0 Å². The van der Waals surface area contributed by atoms with Gasteiger partial charge in [-0.1, -0.05) is 0 Å². The van der Waals surface area contributed by atoms with E-state index in [1.54, 1.807) is 6.92 Å². The average molecular weight is 298 g/mol. The normalized spacial score (nSPS) is 8.85. The van der Waals surface area contributed by atoms with Gasteiger partial charge >= 0.3 is 0 Å². The largest absolute Gasteiger partial charge is 0.468 e. The molecule has 0 saturated carbocycles. The van der Waals surface area contributed by atoms with E-state index < -0.39 is 0 Å². The minimum atomic E-state index is 0.0417. The molecular weight excluding hydrogens is 268 g/mol. The predicted molar refractivity (Wildman–Crippen MR) is 75.7 cm³/mol. The predicted octanol–water partition coefficient (Wildman–Crippen LogP) is 0.226. The van der Waals surface area contributed by atoms with Crippen LogP contribution in [0.15, 0.2) is 0 Å². The van der Waals surface area contributed by atoms with E-state index in [0.29, 0.717) is 39.5 Å². The number of aliphatic hydroxyl groups is 2. The Labute approximate surface area is 121 Å². The van der Waals surface area contributed by atoms with Gasteiger partial charge in [0.2, 0.25) is 0 Å². The van der Waals surface area contributed by atoms with Gasteiger partial charge in [-0.3, -0.25) is 4.79 Å². The molecule has 0 amide bonds. The molecule has 0 unspecified atom stereocenters. The molecule has 2 N–H and O–H groups in total. The molecule has 0 fully saturated rings. The van der Waals surface area contributed by atoms with Gasteiger partial charge in [0.15, 0.2) is 0 Å². The number of hydrogen-bond donors (Lipinski definition) is 2. The summed E-state index contributed by atoms with van der Waals surface area (Å²) in [5.74, 6) is 0. The summed E-state index contributed by atoms with van der Waals surface area (Å²) in [6.07, 6.45) is 0. The summed E-state index contributed by atoms with van der Waals surface area (Å²) in [5, 5.41) is 16.5. The molecule has 0 aliphatic rings. The van der Waals surface area contributed by atoms with Gasteiger partial charge in [0, 0.05) is 13.2 Å². The van der Waals surface area contributed by atoms with Crippen LogP contribution in [0.3, 0.4) is 0 Å². The molecule has 0 rings (SSSR count). The minimum absolute atomic E-state index is 0.0417. The second-order valence-electron chi connectivity index (χ2n) is 3.00. The number of rotatable bonds is 11. The van der Waals surface area contributed by atoms with Crippen LogP contribution < -0.4 is 0 Å². The Morgan fingerprint density at radius 2 is 1.20 bits per heavy atom. The Morgan fingerprint density at radius 1 is 0.750 bits per heavy atom. The molecule has 0 aromatic carbocycles. The van der Waals surface area contributed by atoms with E-state index in [1.807, 2.05) is 13.8 Å². The van der Waals surface area contributed by atoms with Crippen molar-refractivity contribution in [1.82, 2.24) is 0 Å². The van der Waals surface area contributed by atoms with Gasteiger partial charge in [0.1, 0.15) is 0 Å². The Balaban J connectivity index is -0.000000244. The Bertz CT molecular complexity index is 135. The lowest BCUT2D eigenvalue weighted by molar-refractivity contribution is -0.128. The highest BCUT2D eigenvalue weighted by Crippen LogP contribution is 1.76. The number of carbonyl (C=O) groups is 1. The molecular formula is C13H30O7. The zero-order valence-corrected chi connectivity index (χ0v) is 12.9. The lowest BCUT2D eigenvalue weighted by Crippen LogP contribution is -2.09. The van der Waals surface area contributed by atoms with Crippen molar-refractivity contribution in [3.63, 3.8) is 0 Å². The molecule has 124 valence electrons. The van der Waals surface area contributed by atoms with Crippen molar-refractivity contribution in [2.24, 2.45) is 0 Å². The highest BCUT2D eigenvalue weighted by atomic mass is 16.5. The quantitative estimate of drug-likeness (QED) is 0.416. The molecule has 0 aromatic rings. The van der Waals surface area contributed by atoms with Crippen molar-refractivity contribution in [3.8, 4) is 0 Å². The summed E-state index contributed by atoms with van der Waals surface area (Å²) < 4.78 is 18.7. The Hall–Kier alpha value is -0.730. The van der Waals surface area contributed by atoms with Gasteiger partial charge < -0.3 is 29.2 Å². The fourth-order valence-electron chi connectivity index (χ4n) is 0.723. The number of carbonyl (C=O) groups excluding carboxylic acids is 1. The van der Waals surface area contributed by atoms with Crippen LogP contribution in [-0.4, -0.2) is 76.1 Å². The van der Waals surface area contributed by atoms with E-state index in [0.717, 1.165) is 13.2 Å². The third-order valence-corrected chi connectivity index (χ3v) is 1.49. The first-order valence-electron chi connectivity index (χ1n) is 6.75.